The van der Waals surface area contributed by atoms with Crippen molar-refractivity contribution < 1.29 is 0 Å². The lowest BCUT2D eigenvalue weighted by Crippen LogP contribution is -2.32. The molecule has 0 spiro atoms. The van der Waals surface area contributed by atoms with Gasteiger partial charge in [-0.3, -0.25) is 0 Å². The summed E-state index contributed by atoms with van der Waals surface area (Å²) in [4.78, 5) is 12.9. The van der Waals surface area contributed by atoms with Crippen molar-refractivity contribution in [2.45, 2.75) is 45.2 Å². The number of aromatic nitrogens is 5. The lowest BCUT2D eigenvalue weighted by Gasteiger charge is -2.24. The minimum atomic E-state index is 0.243. The summed E-state index contributed by atoms with van der Waals surface area (Å²) in [7, 11) is 1.81. The first kappa shape index (κ1) is 15.0. The molecule has 1 aliphatic heterocycles. The highest BCUT2D eigenvalue weighted by molar-refractivity contribution is 6.32. The number of nitrogens with zero attached hydrogens (tertiary/aromatic N) is 5. The van der Waals surface area contributed by atoms with E-state index in [2.05, 4.69) is 44.5 Å². The third-order valence-corrected chi connectivity index (χ3v) is 4.07. The largest absolute Gasteiger partial charge is 0.383 e. The standard InChI is InChI=1S/C14H20ClN7/c1-8(2)13-20-10-5-4-9(6-22(10)21-13)19-14-11(16-3)12(15)17-7-18-14/h7-9,16H,4-6H2,1-3H3,(H,17,18,19). The SMILES string of the molecule is CNc1c(Cl)ncnc1NC1CCc2nc(C(C)C)nn2C1. The van der Waals surface area contributed by atoms with E-state index < -0.39 is 0 Å². The van der Waals surface area contributed by atoms with Gasteiger partial charge in [-0.15, -0.1) is 0 Å². The second kappa shape index (κ2) is 6.08. The molecule has 3 heterocycles. The maximum atomic E-state index is 6.09. The summed E-state index contributed by atoms with van der Waals surface area (Å²) in [5.41, 5.74) is 0.719. The van der Waals surface area contributed by atoms with Gasteiger partial charge < -0.3 is 10.6 Å². The van der Waals surface area contributed by atoms with Gasteiger partial charge in [-0.25, -0.2) is 19.6 Å². The van der Waals surface area contributed by atoms with Gasteiger partial charge in [-0.1, -0.05) is 25.4 Å². The smallest absolute Gasteiger partial charge is 0.157 e. The van der Waals surface area contributed by atoms with E-state index in [1.807, 2.05) is 4.68 Å². The number of hydrogen-bond donors (Lipinski definition) is 2. The first-order valence-corrected chi connectivity index (χ1v) is 7.84. The Labute approximate surface area is 134 Å². The summed E-state index contributed by atoms with van der Waals surface area (Å²) in [6, 6.07) is 0.243. The molecule has 1 unspecified atom stereocenters. The number of anilines is 2. The minimum Gasteiger partial charge on any atom is -0.383 e. The number of halogens is 1. The molecule has 1 atom stereocenters. The van der Waals surface area contributed by atoms with Crippen LogP contribution in [0.25, 0.3) is 0 Å². The van der Waals surface area contributed by atoms with Gasteiger partial charge in [0.15, 0.2) is 16.8 Å². The molecular formula is C14H20ClN7. The lowest BCUT2D eigenvalue weighted by molar-refractivity contribution is 0.439. The molecule has 22 heavy (non-hydrogen) atoms. The van der Waals surface area contributed by atoms with Gasteiger partial charge in [-0.05, 0) is 6.42 Å². The first-order valence-electron chi connectivity index (χ1n) is 7.47. The Kier molecular flexibility index (Phi) is 4.15. The van der Waals surface area contributed by atoms with Crippen LogP contribution in [0.1, 0.15) is 37.8 Å². The highest BCUT2D eigenvalue weighted by Gasteiger charge is 2.23. The molecule has 0 fully saturated rings. The summed E-state index contributed by atoms with van der Waals surface area (Å²) < 4.78 is 2.00. The van der Waals surface area contributed by atoms with Gasteiger partial charge in [0.05, 0.1) is 6.54 Å². The van der Waals surface area contributed by atoms with Gasteiger partial charge in [0.1, 0.15) is 17.8 Å². The minimum absolute atomic E-state index is 0.243. The van der Waals surface area contributed by atoms with Crippen LogP contribution in [0, 0.1) is 0 Å². The van der Waals surface area contributed by atoms with Crippen LogP contribution in [0.5, 0.6) is 0 Å². The molecule has 1 aliphatic rings. The van der Waals surface area contributed by atoms with Crippen molar-refractivity contribution in [2.75, 3.05) is 17.7 Å². The summed E-state index contributed by atoms with van der Waals surface area (Å²) in [6.45, 7) is 5.00. The second-order valence-electron chi connectivity index (χ2n) is 5.74. The Morgan fingerprint density at radius 3 is 2.91 bits per heavy atom. The van der Waals surface area contributed by atoms with Crippen molar-refractivity contribution >= 4 is 23.1 Å². The van der Waals surface area contributed by atoms with Crippen molar-refractivity contribution in [1.82, 2.24) is 24.7 Å². The summed E-state index contributed by atoms with van der Waals surface area (Å²) in [5, 5.41) is 11.5. The van der Waals surface area contributed by atoms with E-state index in [4.69, 9.17) is 11.6 Å². The van der Waals surface area contributed by atoms with Crippen LogP contribution in [-0.2, 0) is 13.0 Å². The van der Waals surface area contributed by atoms with Crippen LogP contribution >= 0.6 is 11.6 Å². The third kappa shape index (κ3) is 2.85. The van der Waals surface area contributed by atoms with Crippen molar-refractivity contribution in [1.29, 1.82) is 0 Å². The average molecular weight is 322 g/mol. The van der Waals surface area contributed by atoms with E-state index in [0.717, 1.165) is 42.5 Å². The molecule has 0 bridgehead atoms. The quantitative estimate of drug-likeness (QED) is 0.841. The molecule has 0 radical (unpaired) electrons. The fourth-order valence-corrected chi connectivity index (χ4v) is 2.81. The lowest BCUT2D eigenvalue weighted by atomic mass is 10.1. The molecule has 2 aromatic heterocycles. The Hall–Kier alpha value is -1.89. The van der Waals surface area contributed by atoms with Gasteiger partial charge in [-0.2, -0.15) is 5.10 Å². The molecule has 0 saturated heterocycles. The highest BCUT2D eigenvalue weighted by Crippen LogP contribution is 2.27. The van der Waals surface area contributed by atoms with E-state index in [1.54, 1.807) is 7.05 Å². The Bertz CT molecular complexity index is 667. The average Bonchev–Trinajstić information content (AvgIpc) is 2.91. The molecule has 2 aromatic rings. The van der Waals surface area contributed by atoms with Gasteiger partial charge >= 0.3 is 0 Å². The van der Waals surface area contributed by atoms with E-state index in [-0.39, 0.29) is 6.04 Å². The fourth-order valence-electron chi connectivity index (χ4n) is 2.58. The van der Waals surface area contributed by atoms with Crippen LogP contribution in [0.15, 0.2) is 6.33 Å². The predicted octanol–water partition coefficient (Wildman–Crippen LogP) is 2.31. The Balaban J connectivity index is 1.77. The summed E-state index contributed by atoms with van der Waals surface area (Å²) in [5.74, 6) is 3.05. The van der Waals surface area contributed by atoms with Crippen LogP contribution in [-0.4, -0.2) is 37.8 Å². The topological polar surface area (TPSA) is 80.6 Å². The molecular weight excluding hydrogens is 302 g/mol. The maximum Gasteiger partial charge on any atom is 0.157 e. The Morgan fingerprint density at radius 1 is 1.36 bits per heavy atom. The molecule has 2 N–H and O–H groups in total. The van der Waals surface area contributed by atoms with E-state index in [1.165, 1.54) is 6.33 Å². The maximum absolute atomic E-state index is 6.09. The van der Waals surface area contributed by atoms with Gasteiger partial charge in [0, 0.05) is 25.4 Å². The van der Waals surface area contributed by atoms with Crippen molar-refractivity contribution in [3.8, 4) is 0 Å². The molecule has 118 valence electrons. The van der Waals surface area contributed by atoms with Crippen molar-refractivity contribution in [2.24, 2.45) is 0 Å². The molecule has 3 rings (SSSR count). The highest BCUT2D eigenvalue weighted by atomic mass is 35.5. The second-order valence-corrected chi connectivity index (χ2v) is 6.10. The van der Waals surface area contributed by atoms with E-state index in [9.17, 15) is 0 Å². The molecule has 0 amide bonds. The van der Waals surface area contributed by atoms with Crippen LogP contribution < -0.4 is 10.6 Å². The number of hydrogen-bond acceptors (Lipinski definition) is 6. The monoisotopic (exact) mass is 321 g/mol. The summed E-state index contributed by atoms with van der Waals surface area (Å²) >= 11 is 6.09. The molecule has 0 aromatic carbocycles. The van der Waals surface area contributed by atoms with Crippen LogP contribution in [0.3, 0.4) is 0 Å². The zero-order valence-corrected chi connectivity index (χ0v) is 13.7. The zero-order valence-electron chi connectivity index (χ0n) is 13.0. The summed E-state index contributed by atoms with van der Waals surface area (Å²) in [6.07, 6.45) is 3.36. The number of nitrogens with one attached hydrogen (secondary N) is 2. The first-order chi connectivity index (χ1) is 10.6. The van der Waals surface area contributed by atoms with E-state index >= 15 is 0 Å². The van der Waals surface area contributed by atoms with Crippen molar-refractivity contribution in [3.63, 3.8) is 0 Å². The molecule has 8 heteroatoms. The van der Waals surface area contributed by atoms with Crippen molar-refractivity contribution in [3.05, 3.63) is 23.1 Å². The third-order valence-electron chi connectivity index (χ3n) is 3.78. The number of fused-ring (bicyclic) bond motifs is 1. The molecule has 0 saturated carbocycles. The fraction of sp³-hybridized carbons (Fsp3) is 0.571. The zero-order chi connectivity index (χ0) is 15.7. The Morgan fingerprint density at radius 2 is 2.18 bits per heavy atom. The van der Waals surface area contributed by atoms with Crippen LogP contribution in [0.2, 0.25) is 5.15 Å². The van der Waals surface area contributed by atoms with E-state index in [0.29, 0.717) is 11.1 Å². The van der Waals surface area contributed by atoms with Gasteiger partial charge in [0.25, 0.3) is 0 Å². The molecule has 0 aliphatic carbocycles. The number of rotatable bonds is 4. The molecule has 7 nitrogen and oxygen atoms in total. The normalized spacial score (nSPS) is 17.4. The predicted molar refractivity (Wildman–Crippen MR) is 86.4 cm³/mol. The van der Waals surface area contributed by atoms with Gasteiger partial charge in [0.2, 0.25) is 0 Å². The number of aryl methyl sites for hydroxylation is 1. The van der Waals surface area contributed by atoms with Crippen LogP contribution in [0.4, 0.5) is 11.5 Å².